The Morgan fingerprint density at radius 2 is 1.91 bits per heavy atom. The maximum atomic E-state index is 13.3. The van der Waals surface area contributed by atoms with Gasteiger partial charge < -0.3 is 19.5 Å². The van der Waals surface area contributed by atoms with Gasteiger partial charge in [-0.15, -0.1) is 0 Å². The Hall–Kier alpha value is -3.95. The van der Waals surface area contributed by atoms with Crippen LogP contribution in [0.1, 0.15) is 48.9 Å². The average molecular weight is 466 g/mol. The molecule has 10 heteroatoms. The third-order valence-electron chi connectivity index (χ3n) is 6.11. The fraction of sp³-hybridized carbons (Fsp3) is 0.375. The van der Waals surface area contributed by atoms with Crippen molar-refractivity contribution in [2.75, 3.05) is 20.2 Å². The van der Waals surface area contributed by atoms with Gasteiger partial charge in [-0.3, -0.25) is 14.4 Å². The zero-order chi connectivity index (χ0) is 24.4. The van der Waals surface area contributed by atoms with Crippen molar-refractivity contribution in [2.45, 2.75) is 40.3 Å². The number of benzene rings is 1. The van der Waals surface area contributed by atoms with Gasteiger partial charge in [0.15, 0.2) is 0 Å². The Bertz CT molecular complexity index is 1310. The second-order valence-corrected chi connectivity index (χ2v) is 8.36. The van der Waals surface area contributed by atoms with E-state index in [-0.39, 0.29) is 35.9 Å². The van der Waals surface area contributed by atoms with Crippen LogP contribution in [0.3, 0.4) is 0 Å². The molecule has 0 unspecified atom stereocenters. The normalized spacial score (nSPS) is 13.2. The fourth-order valence-electron chi connectivity index (χ4n) is 4.16. The first-order valence-electron chi connectivity index (χ1n) is 11.0. The van der Waals surface area contributed by atoms with Gasteiger partial charge in [0, 0.05) is 43.4 Å². The Morgan fingerprint density at radius 3 is 2.62 bits per heavy atom. The van der Waals surface area contributed by atoms with Crippen molar-refractivity contribution in [3.8, 4) is 5.75 Å². The monoisotopic (exact) mass is 465 g/mol. The van der Waals surface area contributed by atoms with E-state index in [1.54, 1.807) is 16.4 Å². The fourth-order valence-corrected chi connectivity index (χ4v) is 4.16. The lowest BCUT2D eigenvalue weighted by atomic mass is 10.0. The number of nitrogens with one attached hydrogen (secondary N) is 1. The lowest BCUT2D eigenvalue weighted by molar-refractivity contribution is 0.0758. The highest BCUT2D eigenvalue weighted by molar-refractivity contribution is 5.98. The quantitative estimate of drug-likeness (QED) is 0.610. The number of carbonyl (C=O) groups is 2. The summed E-state index contributed by atoms with van der Waals surface area (Å²) in [5.41, 5.74) is 4.17. The number of hydrogen-bond acceptors (Lipinski definition) is 7. The molecule has 3 aromatic rings. The zero-order valence-electron chi connectivity index (χ0n) is 19.7. The summed E-state index contributed by atoms with van der Waals surface area (Å²) in [5.74, 6) is -0.301. The summed E-state index contributed by atoms with van der Waals surface area (Å²) in [6, 6.07) is 7.09. The van der Waals surface area contributed by atoms with Gasteiger partial charge >= 0.3 is 0 Å². The molecule has 0 fully saturated rings. The first-order valence-corrected chi connectivity index (χ1v) is 11.0. The van der Waals surface area contributed by atoms with E-state index in [9.17, 15) is 14.4 Å². The van der Waals surface area contributed by atoms with E-state index in [0.29, 0.717) is 42.2 Å². The van der Waals surface area contributed by atoms with Crippen LogP contribution in [0.2, 0.25) is 0 Å². The summed E-state index contributed by atoms with van der Waals surface area (Å²) in [6.07, 6.45) is 0.330. The molecule has 10 nitrogen and oxygen atoms in total. The predicted molar refractivity (Wildman–Crippen MR) is 123 cm³/mol. The molecule has 0 atom stereocenters. The lowest BCUT2D eigenvalue weighted by Gasteiger charge is -2.21. The molecule has 1 aliphatic heterocycles. The second kappa shape index (κ2) is 9.50. The Morgan fingerprint density at radius 1 is 1.12 bits per heavy atom. The summed E-state index contributed by atoms with van der Waals surface area (Å²) in [5, 5.41) is 10.3. The van der Waals surface area contributed by atoms with Gasteiger partial charge in [-0.05, 0) is 32.4 Å². The predicted octanol–water partition coefficient (Wildman–Crippen LogP) is 1.79. The molecule has 0 saturated heterocycles. The highest BCUT2D eigenvalue weighted by Gasteiger charge is 2.27. The van der Waals surface area contributed by atoms with Crippen LogP contribution >= 0.6 is 0 Å². The lowest BCUT2D eigenvalue weighted by Crippen LogP contribution is -2.34. The van der Waals surface area contributed by atoms with Gasteiger partial charge in [-0.1, -0.05) is 28.0 Å². The molecule has 0 radical (unpaired) electrons. The number of amides is 2. The molecule has 4 rings (SSSR count). The number of rotatable bonds is 5. The molecule has 0 saturated carbocycles. The Labute approximate surface area is 196 Å². The summed E-state index contributed by atoms with van der Waals surface area (Å²) in [4.78, 5) is 41.0. The third kappa shape index (κ3) is 4.43. The van der Waals surface area contributed by atoms with Gasteiger partial charge in [0.1, 0.15) is 22.7 Å². The number of fused-ring (bicyclic) bond motifs is 1. The summed E-state index contributed by atoms with van der Waals surface area (Å²) >= 11 is 0. The van der Waals surface area contributed by atoms with Crippen molar-refractivity contribution in [1.82, 2.24) is 25.1 Å². The number of ether oxygens (including phenoxy) is 1. The van der Waals surface area contributed by atoms with Crippen LogP contribution in [0.4, 0.5) is 0 Å². The van der Waals surface area contributed by atoms with Crippen molar-refractivity contribution in [1.29, 1.82) is 0 Å². The number of pyridine rings is 1. The van der Waals surface area contributed by atoms with Crippen LogP contribution in [0.25, 0.3) is 0 Å². The van der Waals surface area contributed by atoms with E-state index in [0.717, 1.165) is 11.1 Å². The standard InChI is InChI=1S/C24H27N5O5/c1-14-5-6-15(2)17(11-14)24(32)28-8-7-19-22(20(33-4)12-21(30)29(19)10-9-28)23(31)25-13-18-16(3)26-34-27-18/h5-6,11-12H,7-10,13H2,1-4H3,(H,25,31). The molecule has 0 spiro atoms. The van der Waals surface area contributed by atoms with Crippen molar-refractivity contribution < 1.29 is 19.0 Å². The van der Waals surface area contributed by atoms with Crippen LogP contribution in [0, 0.1) is 20.8 Å². The van der Waals surface area contributed by atoms with Crippen molar-refractivity contribution in [3.63, 3.8) is 0 Å². The first kappa shape index (κ1) is 23.2. The molecule has 1 aliphatic rings. The molecular formula is C24H27N5O5. The number of aryl methyl sites for hydroxylation is 3. The highest BCUT2D eigenvalue weighted by atomic mass is 16.6. The molecule has 1 aromatic carbocycles. The van der Waals surface area contributed by atoms with Crippen LogP contribution in [0.15, 0.2) is 33.7 Å². The van der Waals surface area contributed by atoms with Gasteiger partial charge in [-0.2, -0.15) is 0 Å². The molecule has 1 N–H and O–H groups in total. The highest BCUT2D eigenvalue weighted by Crippen LogP contribution is 2.24. The van der Waals surface area contributed by atoms with Crippen LogP contribution in [-0.4, -0.2) is 51.8 Å². The van der Waals surface area contributed by atoms with Crippen LogP contribution in [-0.2, 0) is 19.5 Å². The van der Waals surface area contributed by atoms with E-state index in [1.165, 1.54) is 13.2 Å². The number of aromatic nitrogens is 3. The molecule has 0 bridgehead atoms. The maximum absolute atomic E-state index is 13.3. The maximum Gasteiger partial charge on any atom is 0.257 e. The average Bonchev–Trinajstić information content (AvgIpc) is 3.10. The van der Waals surface area contributed by atoms with Crippen molar-refractivity contribution in [2.24, 2.45) is 0 Å². The molecule has 2 amide bonds. The Kier molecular flexibility index (Phi) is 6.49. The molecule has 3 heterocycles. The van der Waals surface area contributed by atoms with Crippen molar-refractivity contribution >= 4 is 11.8 Å². The molecule has 178 valence electrons. The minimum atomic E-state index is -0.405. The number of carbonyl (C=O) groups excluding carboxylic acids is 2. The van der Waals surface area contributed by atoms with Gasteiger partial charge in [0.05, 0.1) is 13.7 Å². The number of nitrogens with zero attached hydrogens (tertiary/aromatic N) is 4. The van der Waals surface area contributed by atoms with Gasteiger partial charge in [0.2, 0.25) is 0 Å². The minimum absolute atomic E-state index is 0.0889. The van der Waals surface area contributed by atoms with E-state index in [4.69, 9.17) is 4.74 Å². The van der Waals surface area contributed by atoms with Gasteiger partial charge in [0.25, 0.3) is 17.4 Å². The Balaban J connectivity index is 1.63. The smallest absolute Gasteiger partial charge is 0.257 e. The molecule has 34 heavy (non-hydrogen) atoms. The summed E-state index contributed by atoms with van der Waals surface area (Å²) in [7, 11) is 1.42. The van der Waals surface area contributed by atoms with E-state index in [1.807, 2.05) is 32.0 Å². The summed E-state index contributed by atoms with van der Waals surface area (Å²) in [6.45, 7) is 6.70. The molecule has 2 aromatic heterocycles. The van der Waals surface area contributed by atoms with E-state index in [2.05, 4.69) is 20.3 Å². The number of hydrogen-bond donors (Lipinski definition) is 1. The molecular weight excluding hydrogens is 438 g/mol. The SMILES string of the molecule is COc1cc(=O)n2c(c1C(=O)NCc1nonc1C)CCN(C(=O)c1cc(C)ccc1C)CC2. The largest absolute Gasteiger partial charge is 0.496 e. The van der Waals surface area contributed by atoms with Crippen LogP contribution in [0.5, 0.6) is 5.75 Å². The minimum Gasteiger partial charge on any atom is -0.496 e. The third-order valence-corrected chi connectivity index (χ3v) is 6.11. The summed E-state index contributed by atoms with van der Waals surface area (Å²) < 4.78 is 11.6. The van der Waals surface area contributed by atoms with Gasteiger partial charge in [-0.25, -0.2) is 4.63 Å². The topological polar surface area (TPSA) is 120 Å². The number of methoxy groups -OCH3 is 1. The zero-order valence-corrected chi connectivity index (χ0v) is 19.7. The van der Waals surface area contributed by atoms with Crippen molar-refractivity contribution in [3.05, 3.63) is 74.0 Å². The van der Waals surface area contributed by atoms with E-state index < -0.39 is 5.91 Å². The second-order valence-electron chi connectivity index (χ2n) is 8.36. The van der Waals surface area contributed by atoms with E-state index >= 15 is 0 Å². The first-order chi connectivity index (χ1) is 16.3. The molecule has 0 aliphatic carbocycles. The van der Waals surface area contributed by atoms with Crippen LogP contribution < -0.4 is 15.6 Å².